The van der Waals surface area contributed by atoms with Crippen molar-refractivity contribution in [3.05, 3.63) is 0 Å². The van der Waals surface area contributed by atoms with E-state index in [1.165, 1.54) is 18.6 Å². The number of ether oxygens (including phenoxy) is 1. The summed E-state index contributed by atoms with van der Waals surface area (Å²) in [5.41, 5.74) is 2.62. The third-order valence-corrected chi connectivity index (χ3v) is 4.49. The van der Waals surface area contributed by atoms with Crippen LogP contribution in [0.25, 0.3) is 0 Å². The lowest BCUT2D eigenvalue weighted by atomic mass is 10.1. The molecule has 18 heavy (non-hydrogen) atoms. The minimum absolute atomic E-state index is 0.287. The number of thioether (sulfide) groups is 1. The highest BCUT2D eigenvalue weighted by atomic mass is 32.2. The molecule has 6 heteroatoms. The van der Waals surface area contributed by atoms with E-state index in [4.69, 9.17) is 10.6 Å². The van der Waals surface area contributed by atoms with E-state index in [0.29, 0.717) is 5.96 Å². The van der Waals surface area contributed by atoms with Gasteiger partial charge in [-0.15, -0.1) is 0 Å². The molecule has 0 aromatic carbocycles. The quantitative estimate of drug-likeness (QED) is 0.213. The molecule has 0 saturated carbocycles. The molecule has 0 spiro atoms. The monoisotopic (exact) mass is 274 g/mol. The zero-order valence-electron chi connectivity index (χ0n) is 11.5. The molecule has 1 aliphatic heterocycles. The van der Waals surface area contributed by atoms with Gasteiger partial charge in [-0.1, -0.05) is 0 Å². The second-order valence-corrected chi connectivity index (χ2v) is 6.37. The molecular formula is C12H26N4OS. The lowest BCUT2D eigenvalue weighted by Gasteiger charge is -2.20. The Hall–Kier alpha value is -0.460. The van der Waals surface area contributed by atoms with Crippen molar-refractivity contribution in [3.63, 3.8) is 0 Å². The van der Waals surface area contributed by atoms with Crippen LogP contribution < -0.4 is 16.6 Å². The van der Waals surface area contributed by atoms with Gasteiger partial charge in [-0.25, -0.2) is 5.84 Å². The van der Waals surface area contributed by atoms with Crippen LogP contribution in [0.1, 0.15) is 33.1 Å². The van der Waals surface area contributed by atoms with Crippen LogP contribution in [0, 0.1) is 0 Å². The van der Waals surface area contributed by atoms with Crippen molar-refractivity contribution in [2.24, 2.45) is 10.8 Å². The molecule has 1 rings (SSSR count). The van der Waals surface area contributed by atoms with Crippen LogP contribution in [0.5, 0.6) is 0 Å². The molecule has 1 heterocycles. The summed E-state index contributed by atoms with van der Waals surface area (Å²) in [7, 11) is 0. The molecule has 1 unspecified atom stereocenters. The average molecular weight is 274 g/mol. The van der Waals surface area contributed by atoms with Crippen LogP contribution in [0.2, 0.25) is 0 Å². The summed E-state index contributed by atoms with van der Waals surface area (Å²) in [5, 5.41) is 3.19. The highest BCUT2D eigenvalue weighted by molar-refractivity contribution is 8.00. The first-order valence-electron chi connectivity index (χ1n) is 6.67. The number of rotatable bonds is 7. The van der Waals surface area contributed by atoms with Crippen LogP contribution >= 0.6 is 11.8 Å². The first-order valence-corrected chi connectivity index (χ1v) is 7.65. The molecule has 5 nitrogen and oxygen atoms in total. The molecule has 0 bridgehead atoms. The Morgan fingerprint density at radius 1 is 1.56 bits per heavy atom. The van der Waals surface area contributed by atoms with Crippen molar-refractivity contribution < 1.29 is 4.74 Å². The Morgan fingerprint density at radius 3 is 3.00 bits per heavy atom. The van der Waals surface area contributed by atoms with Gasteiger partial charge in [-0.05, 0) is 38.9 Å². The Morgan fingerprint density at radius 2 is 2.39 bits per heavy atom. The van der Waals surface area contributed by atoms with Crippen LogP contribution in [0.3, 0.4) is 0 Å². The first-order chi connectivity index (χ1) is 8.70. The summed E-state index contributed by atoms with van der Waals surface area (Å²) in [6, 6.07) is 0. The molecule has 1 atom stereocenters. The second-order valence-electron chi connectivity index (χ2n) is 4.69. The van der Waals surface area contributed by atoms with E-state index >= 15 is 0 Å². The molecule has 106 valence electrons. The van der Waals surface area contributed by atoms with Crippen molar-refractivity contribution in [1.82, 2.24) is 10.7 Å². The number of guanidine groups is 1. The standard InChI is InChI=1S/C12H26N4OS/c1-3-17-8-5-7-14-11(16-13)15-10-12(2)6-4-9-18-12/h3-10,13H2,1-2H3,(H2,14,15,16). The fourth-order valence-electron chi connectivity index (χ4n) is 1.89. The van der Waals surface area contributed by atoms with E-state index in [0.717, 1.165) is 32.7 Å². The van der Waals surface area contributed by atoms with Gasteiger partial charge >= 0.3 is 0 Å². The van der Waals surface area contributed by atoms with Crippen LogP contribution in [0.15, 0.2) is 4.99 Å². The Balaban J connectivity index is 2.22. The SMILES string of the molecule is CCOCCCNC(=NCC1(C)CCCS1)NN. The highest BCUT2D eigenvalue weighted by Crippen LogP contribution is 2.37. The van der Waals surface area contributed by atoms with Gasteiger partial charge < -0.3 is 10.1 Å². The van der Waals surface area contributed by atoms with E-state index < -0.39 is 0 Å². The first kappa shape index (κ1) is 15.6. The second kappa shape index (κ2) is 8.61. The van der Waals surface area contributed by atoms with Gasteiger partial charge in [0.1, 0.15) is 0 Å². The average Bonchev–Trinajstić information content (AvgIpc) is 2.80. The zero-order valence-corrected chi connectivity index (χ0v) is 12.3. The van der Waals surface area contributed by atoms with Gasteiger partial charge in [0.2, 0.25) is 5.96 Å². The molecule has 0 aromatic heterocycles. The summed E-state index contributed by atoms with van der Waals surface area (Å²) >= 11 is 2.01. The van der Waals surface area contributed by atoms with Crippen LogP contribution in [-0.4, -0.2) is 42.8 Å². The topological polar surface area (TPSA) is 71.7 Å². The normalized spacial score (nSPS) is 24.3. The highest BCUT2D eigenvalue weighted by Gasteiger charge is 2.29. The summed E-state index contributed by atoms with van der Waals surface area (Å²) in [4.78, 5) is 4.52. The largest absolute Gasteiger partial charge is 0.382 e. The molecule has 0 radical (unpaired) electrons. The van der Waals surface area contributed by atoms with Gasteiger partial charge in [0.05, 0.1) is 6.54 Å². The number of nitrogens with zero attached hydrogens (tertiary/aromatic N) is 1. The number of nitrogens with two attached hydrogens (primary N) is 1. The van der Waals surface area contributed by atoms with Crippen LogP contribution in [0.4, 0.5) is 0 Å². The smallest absolute Gasteiger partial charge is 0.205 e. The number of hydrazine groups is 1. The fourth-order valence-corrected chi connectivity index (χ4v) is 3.11. The van der Waals surface area contributed by atoms with Crippen molar-refractivity contribution in [3.8, 4) is 0 Å². The number of aliphatic imine (C=N–C) groups is 1. The summed E-state index contributed by atoms with van der Waals surface area (Å²) < 4.78 is 5.56. The molecule has 0 aromatic rings. The van der Waals surface area contributed by atoms with E-state index in [9.17, 15) is 0 Å². The minimum Gasteiger partial charge on any atom is -0.382 e. The maximum atomic E-state index is 5.46. The fraction of sp³-hybridized carbons (Fsp3) is 0.917. The number of hydrogen-bond acceptors (Lipinski definition) is 4. The predicted octanol–water partition coefficient (Wildman–Crippen LogP) is 1.11. The van der Waals surface area contributed by atoms with Crippen molar-refractivity contribution in [2.45, 2.75) is 37.9 Å². The zero-order chi connectivity index (χ0) is 13.3. The van der Waals surface area contributed by atoms with E-state index in [1.54, 1.807) is 0 Å². The van der Waals surface area contributed by atoms with Gasteiger partial charge in [-0.2, -0.15) is 11.8 Å². The maximum Gasteiger partial charge on any atom is 0.205 e. The summed E-state index contributed by atoms with van der Waals surface area (Å²) in [5.74, 6) is 7.39. The lowest BCUT2D eigenvalue weighted by molar-refractivity contribution is 0.145. The van der Waals surface area contributed by atoms with Gasteiger partial charge in [-0.3, -0.25) is 10.4 Å². The van der Waals surface area contributed by atoms with E-state index in [2.05, 4.69) is 22.7 Å². The summed E-state index contributed by atoms with van der Waals surface area (Å²) in [6.07, 6.45) is 3.49. The Bertz CT molecular complexity index is 254. The van der Waals surface area contributed by atoms with Crippen LogP contribution in [-0.2, 0) is 4.74 Å². The predicted molar refractivity (Wildman–Crippen MR) is 78.8 cm³/mol. The number of nitrogens with one attached hydrogen (secondary N) is 2. The summed E-state index contributed by atoms with van der Waals surface area (Å²) in [6.45, 7) is 7.46. The van der Waals surface area contributed by atoms with Gasteiger partial charge in [0.25, 0.3) is 0 Å². The minimum atomic E-state index is 0.287. The van der Waals surface area contributed by atoms with Crippen molar-refractivity contribution >= 4 is 17.7 Å². The molecule has 1 saturated heterocycles. The van der Waals surface area contributed by atoms with Crippen molar-refractivity contribution in [2.75, 3.05) is 32.1 Å². The van der Waals surface area contributed by atoms with Gasteiger partial charge in [0.15, 0.2) is 0 Å². The molecule has 1 aliphatic rings. The maximum absolute atomic E-state index is 5.46. The molecule has 0 amide bonds. The van der Waals surface area contributed by atoms with Gasteiger partial charge in [0, 0.05) is 24.5 Å². The third kappa shape index (κ3) is 5.93. The molecule has 0 aliphatic carbocycles. The molecular weight excluding hydrogens is 248 g/mol. The third-order valence-electron chi connectivity index (χ3n) is 2.97. The molecule has 4 N–H and O–H groups in total. The molecule has 1 fully saturated rings. The Kier molecular flexibility index (Phi) is 7.46. The lowest BCUT2D eigenvalue weighted by Crippen LogP contribution is -2.43. The van der Waals surface area contributed by atoms with Crippen molar-refractivity contribution in [1.29, 1.82) is 0 Å². The van der Waals surface area contributed by atoms with E-state index in [-0.39, 0.29) is 4.75 Å². The van der Waals surface area contributed by atoms with E-state index in [1.807, 2.05) is 18.7 Å². The number of hydrogen-bond donors (Lipinski definition) is 3. The Labute approximate surface area is 114 Å².